The average molecular weight is 393 g/mol. The first-order chi connectivity index (χ1) is 14.2. The molecule has 29 heavy (non-hydrogen) atoms. The van der Waals surface area contributed by atoms with Crippen molar-refractivity contribution in [2.24, 2.45) is 5.92 Å². The van der Waals surface area contributed by atoms with Crippen molar-refractivity contribution in [3.05, 3.63) is 64.1 Å². The van der Waals surface area contributed by atoms with Crippen molar-refractivity contribution in [2.75, 3.05) is 26.3 Å². The van der Waals surface area contributed by atoms with Gasteiger partial charge >= 0.3 is 0 Å². The van der Waals surface area contributed by atoms with Crippen LogP contribution < -0.4 is 5.56 Å². The third-order valence-corrected chi connectivity index (χ3v) is 6.32. The summed E-state index contributed by atoms with van der Waals surface area (Å²) < 4.78 is 7.27. The van der Waals surface area contributed by atoms with Gasteiger partial charge < -0.3 is 9.72 Å². The second-order valence-electron chi connectivity index (χ2n) is 8.40. The lowest BCUT2D eigenvalue weighted by atomic mass is 9.97. The Morgan fingerprint density at radius 3 is 2.76 bits per heavy atom. The monoisotopic (exact) mass is 393 g/mol. The highest BCUT2D eigenvalue weighted by Gasteiger charge is 2.33. The molecule has 4 heterocycles. The molecule has 3 aromatic rings. The number of ether oxygens (including phenoxy) is 1. The number of nitrogens with zero attached hydrogens (tertiary/aromatic N) is 4. The van der Waals surface area contributed by atoms with Gasteiger partial charge in [-0.1, -0.05) is 37.3 Å². The quantitative estimate of drug-likeness (QED) is 0.737. The maximum Gasteiger partial charge on any atom is 0.276 e. The first-order valence-corrected chi connectivity index (χ1v) is 10.5. The molecule has 0 aliphatic carbocycles. The number of aromatic amines is 1. The van der Waals surface area contributed by atoms with Gasteiger partial charge in [-0.05, 0) is 24.3 Å². The van der Waals surface area contributed by atoms with E-state index < -0.39 is 0 Å². The first-order valence-electron chi connectivity index (χ1n) is 10.5. The second-order valence-corrected chi connectivity index (χ2v) is 8.40. The second kappa shape index (κ2) is 7.72. The molecule has 2 fully saturated rings. The highest BCUT2D eigenvalue weighted by atomic mass is 16.5. The summed E-state index contributed by atoms with van der Waals surface area (Å²) in [6.45, 7) is 6.54. The lowest BCUT2D eigenvalue weighted by Gasteiger charge is -2.21. The van der Waals surface area contributed by atoms with Gasteiger partial charge in [-0.25, -0.2) is 9.50 Å². The molecular formula is C22H27N5O2. The Labute approximate surface area is 169 Å². The van der Waals surface area contributed by atoms with Crippen LogP contribution in [0.1, 0.15) is 48.8 Å². The predicted molar refractivity (Wildman–Crippen MR) is 110 cm³/mol. The molecule has 2 unspecified atom stereocenters. The van der Waals surface area contributed by atoms with E-state index in [1.807, 2.05) is 6.07 Å². The third-order valence-electron chi connectivity index (χ3n) is 6.32. The van der Waals surface area contributed by atoms with Crippen molar-refractivity contribution in [2.45, 2.75) is 38.1 Å². The Bertz CT molecular complexity index is 1040. The van der Waals surface area contributed by atoms with Crippen LogP contribution in [0, 0.1) is 5.92 Å². The van der Waals surface area contributed by atoms with Gasteiger partial charge in [0, 0.05) is 44.7 Å². The summed E-state index contributed by atoms with van der Waals surface area (Å²) in [4.78, 5) is 22.8. The standard InChI is InChI=1S/C22H27N5O2/c1-15-12-26(13-16-5-3-2-4-6-16)14-18(15)20-24-22(28)19-11-23-21(27(19)25-20)17-7-9-29-10-8-17/h2-6,11,15,17-18H,7-10,12-14H2,1H3,(H,24,25,28). The zero-order valence-corrected chi connectivity index (χ0v) is 16.8. The van der Waals surface area contributed by atoms with Crippen LogP contribution in [0.2, 0.25) is 0 Å². The molecule has 2 aromatic heterocycles. The topological polar surface area (TPSA) is 75.5 Å². The van der Waals surface area contributed by atoms with E-state index in [1.165, 1.54) is 5.56 Å². The number of aromatic nitrogens is 4. The molecule has 0 radical (unpaired) electrons. The number of benzene rings is 1. The molecule has 152 valence electrons. The average Bonchev–Trinajstić information content (AvgIpc) is 3.33. The van der Waals surface area contributed by atoms with E-state index in [4.69, 9.17) is 9.84 Å². The molecule has 2 aliphatic heterocycles. The molecule has 5 rings (SSSR count). The van der Waals surface area contributed by atoms with E-state index in [0.29, 0.717) is 17.4 Å². The number of nitrogens with one attached hydrogen (secondary N) is 1. The smallest absolute Gasteiger partial charge is 0.276 e. The minimum Gasteiger partial charge on any atom is -0.381 e. The van der Waals surface area contributed by atoms with Crippen molar-refractivity contribution < 1.29 is 4.74 Å². The summed E-state index contributed by atoms with van der Waals surface area (Å²) >= 11 is 0. The van der Waals surface area contributed by atoms with Crippen molar-refractivity contribution in [3.63, 3.8) is 0 Å². The van der Waals surface area contributed by atoms with Crippen LogP contribution in [0.5, 0.6) is 0 Å². The SMILES string of the molecule is CC1CN(Cc2ccccc2)CC1c1nn2c(C3CCOCC3)ncc2c(=O)[nH]1. The van der Waals surface area contributed by atoms with Crippen LogP contribution in [0.3, 0.4) is 0 Å². The fourth-order valence-corrected chi connectivity index (χ4v) is 4.73. The van der Waals surface area contributed by atoms with Crippen molar-refractivity contribution in [1.82, 2.24) is 24.5 Å². The molecule has 0 saturated carbocycles. The number of imidazole rings is 1. The summed E-state index contributed by atoms with van der Waals surface area (Å²) in [7, 11) is 0. The molecule has 7 heteroatoms. The van der Waals surface area contributed by atoms with E-state index in [-0.39, 0.29) is 11.5 Å². The van der Waals surface area contributed by atoms with Crippen molar-refractivity contribution in [1.29, 1.82) is 0 Å². The zero-order valence-electron chi connectivity index (χ0n) is 16.8. The van der Waals surface area contributed by atoms with Crippen LogP contribution in [0.25, 0.3) is 5.52 Å². The molecule has 0 amide bonds. The molecule has 0 spiro atoms. The van der Waals surface area contributed by atoms with E-state index in [2.05, 4.69) is 46.1 Å². The van der Waals surface area contributed by atoms with Gasteiger partial charge in [0.1, 0.15) is 11.6 Å². The van der Waals surface area contributed by atoms with Gasteiger partial charge in [-0.3, -0.25) is 9.69 Å². The molecule has 1 aromatic carbocycles. The zero-order chi connectivity index (χ0) is 19.8. The maximum atomic E-state index is 12.7. The molecule has 2 saturated heterocycles. The Kier molecular flexibility index (Phi) is 4.93. The number of rotatable bonds is 4. The minimum atomic E-state index is -0.102. The normalized spacial score (nSPS) is 23.8. The largest absolute Gasteiger partial charge is 0.381 e. The lowest BCUT2D eigenvalue weighted by molar-refractivity contribution is 0.0832. The van der Waals surface area contributed by atoms with Crippen molar-refractivity contribution in [3.8, 4) is 0 Å². The molecule has 2 aliphatic rings. The predicted octanol–water partition coefficient (Wildman–Crippen LogP) is 2.55. The molecule has 1 N–H and O–H groups in total. The summed E-state index contributed by atoms with van der Waals surface area (Å²) in [5, 5.41) is 4.88. The summed E-state index contributed by atoms with van der Waals surface area (Å²) in [5.41, 5.74) is 1.74. The van der Waals surface area contributed by atoms with Crippen molar-refractivity contribution >= 4 is 5.52 Å². The van der Waals surface area contributed by atoms with Gasteiger partial charge in [0.25, 0.3) is 5.56 Å². The molecule has 0 bridgehead atoms. The summed E-state index contributed by atoms with van der Waals surface area (Å²) in [6.07, 6.45) is 3.50. The maximum absolute atomic E-state index is 12.7. The van der Waals surface area contributed by atoms with Crippen LogP contribution >= 0.6 is 0 Å². The number of hydrogen-bond acceptors (Lipinski definition) is 5. The van der Waals surface area contributed by atoms with Gasteiger partial charge in [0.05, 0.1) is 6.20 Å². The fourth-order valence-electron chi connectivity index (χ4n) is 4.73. The molecule has 2 atom stereocenters. The Balaban J connectivity index is 1.43. The first kappa shape index (κ1) is 18.5. The minimum absolute atomic E-state index is 0.102. The lowest BCUT2D eigenvalue weighted by Crippen LogP contribution is -2.24. The highest BCUT2D eigenvalue weighted by molar-refractivity contribution is 5.42. The van der Waals surface area contributed by atoms with E-state index in [0.717, 1.165) is 57.3 Å². The molecule has 7 nitrogen and oxygen atoms in total. The Morgan fingerprint density at radius 1 is 1.17 bits per heavy atom. The van der Waals surface area contributed by atoms with E-state index in [1.54, 1.807) is 10.7 Å². The number of likely N-dealkylation sites (tertiary alicyclic amines) is 1. The molecular weight excluding hydrogens is 366 g/mol. The summed E-state index contributed by atoms with van der Waals surface area (Å²) in [6, 6.07) is 10.5. The van der Waals surface area contributed by atoms with Gasteiger partial charge in [-0.15, -0.1) is 0 Å². The summed E-state index contributed by atoms with van der Waals surface area (Å²) in [5.74, 6) is 2.60. The number of H-pyrrole nitrogens is 1. The van der Waals surface area contributed by atoms with Gasteiger partial charge in [0.2, 0.25) is 0 Å². The van der Waals surface area contributed by atoms with E-state index in [9.17, 15) is 4.79 Å². The fraction of sp³-hybridized carbons (Fsp3) is 0.500. The Hall–Kier alpha value is -2.51. The van der Waals surface area contributed by atoms with Crippen LogP contribution in [-0.4, -0.2) is 50.8 Å². The Morgan fingerprint density at radius 2 is 1.97 bits per heavy atom. The van der Waals surface area contributed by atoms with Crippen LogP contribution in [0.15, 0.2) is 41.3 Å². The van der Waals surface area contributed by atoms with Crippen LogP contribution in [-0.2, 0) is 11.3 Å². The van der Waals surface area contributed by atoms with E-state index >= 15 is 0 Å². The third kappa shape index (κ3) is 3.60. The highest BCUT2D eigenvalue weighted by Crippen LogP contribution is 2.31. The van der Waals surface area contributed by atoms with Crippen LogP contribution in [0.4, 0.5) is 0 Å². The number of hydrogen-bond donors (Lipinski definition) is 1. The van der Waals surface area contributed by atoms with Gasteiger partial charge in [-0.2, -0.15) is 5.10 Å². The van der Waals surface area contributed by atoms with Gasteiger partial charge in [0.15, 0.2) is 5.52 Å². The number of fused-ring (bicyclic) bond motifs is 1.